The zero-order valence-corrected chi connectivity index (χ0v) is 6.37. The Hall–Kier alpha value is -1.37. The summed E-state index contributed by atoms with van der Waals surface area (Å²) in [6.07, 6.45) is 2.00. The van der Waals surface area contributed by atoms with Gasteiger partial charge in [0.1, 0.15) is 0 Å². The highest BCUT2D eigenvalue weighted by Crippen LogP contribution is 2.00. The molecule has 0 bridgehead atoms. The van der Waals surface area contributed by atoms with Crippen LogP contribution < -0.4 is 0 Å². The van der Waals surface area contributed by atoms with Gasteiger partial charge in [0.25, 0.3) is 0 Å². The van der Waals surface area contributed by atoms with Crippen molar-refractivity contribution in [3.8, 4) is 6.07 Å². The van der Waals surface area contributed by atoms with Gasteiger partial charge >= 0.3 is 0 Å². The van der Waals surface area contributed by atoms with Crippen LogP contribution >= 0.6 is 0 Å². The molecule has 4 heteroatoms. The summed E-state index contributed by atoms with van der Waals surface area (Å²) in [7, 11) is 0. The number of nitriles is 1. The first-order valence-electron chi connectivity index (χ1n) is 3.55. The molecule has 0 aliphatic carbocycles. The maximum Gasteiger partial charge on any atom is 0.226 e. The summed E-state index contributed by atoms with van der Waals surface area (Å²) in [6, 6.07) is 1.95. The minimum atomic E-state index is 0.229. The van der Waals surface area contributed by atoms with Gasteiger partial charge in [-0.05, 0) is 6.42 Å². The molecule has 0 saturated heterocycles. The molecule has 0 saturated carbocycles. The first-order valence-corrected chi connectivity index (χ1v) is 3.55. The van der Waals surface area contributed by atoms with Gasteiger partial charge in [-0.3, -0.25) is 0 Å². The molecule has 0 aromatic carbocycles. The van der Waals surface area contributed by atoms with Crippen LogP contribution in [0.15, 0.2) is 4.52 Å². The first-order chi connectivity index (χ1) is 5.36. The molecule has 1 heterocycles. The minimum absolute atomic E-state index is 0.229. The molecular formula is C7H9N3O. The van der Waals surface area contributed by atoms with Crippen LogP contribution in [0.5, 0.6) is 0 Å². The van der Waals surface area contributed by atoms with Gasteiger partial charge in [-0.15, -0.1) is 0 Å². The van der Waals surface area contributed by atoms with Crippen LogP contribution in [-0.4, -0.2) is 10.1 Å². The van der Waals surface area contributed by atoms with E-state index in [-0.39, 0.29) is 6.42 Å². The Kier molecular flexibility index (Phi) is 2.61. The van der Waals surface area contributed by atoms with Crippen LogP contribution in [0.4, 0.5) is 0 Å². The Morgan fingerprint density at radius 1 is 1.64 bits per heavy atom. The fraction of sp³-hybridized carbons (Fsp3) is 0.571. The van der Waals surface area contributed by atoms with Crippen molar-refractivity contribution in [1.29, 1.82) is 5.26 Å². The third kappa shape index (κ3) is 2.04. The van der Waals surface area contributed by atoms with Gasteiger partial charge in [0.2, 0.25) is 5.89 Å². The van der Waals surface area contributed by atoms with Gasteiger partial charge < -0.3 is 4.52 Å². The van der Waals surface area contributed by atoms with Gasteiger partial charge in [0.05, 0.1) is 12.5 Å². The average molecular weight is 151 g/mol. The summed E-state index contributed by atoms with van der Waals surface area (Å²) < 4.78 is 4.85. The van der Waals surface area contributed by atoms with E-state index in [4.69, 9.17) is 9.78 Å². The molecule has 0 atom stereocenters. The van der Waals surface area contributed by atoms with Crippen molar-refractivity contribution in [1.82, 2.24) is 10.1 Å². The number of nitrogens with zero attached hydrogens (tertiary/aromatic N) is 3. The number of hydrogen-bond acceptors (Lipinski definition) is 4. The Morgan fingerprint density at radius 3 is 3.09 bits per heavy atom. The van der Waals surface area contributed by atoms with Crippen LogP contribution in [0.2, 0.25) is 0 Å². The predicted molar refractivity (Wildman–Crippen MR) is 37.6 cm³/mol. The second-order valence-corrected chi connectivity index (χ2v) is 2.19. The molecule has 0 fully saturated rings. The summed E-state index contributed by atoms with van der Waals surface area (Å²) in [4.78, 5) is 3.99. The van der Waals surface area contributed by atoms with Crippen LogP contribution in [0.25, 0.3) is 0 Å². The van der Waals surface area contributed by atoms with Crippen molar-refractivity contribution in [3.63, 3.8) is 0 Å². The van der Waals surface area contributed by atoms with Gasteiger partial charge in [-0.25, -0.2) is 0 Å². The Balaban J connectivity index is 2.60. The molecule has 0 spiro atoms. The lowest BCUT2D eigenvalue weighted by Crippen LogP contribution is -1.85. The number of aromatic nitrogens is 2. The largest absolute Gasteiger partial charge is 0.339 e. The second-order valence-electron chi connectivity index (χ2n) is 2.19. The minimum Gasteiger partial charge on any atom is -0.339 e. The van der Waals surface area contributed by atoms with E-state index in [0.717, 1.165) is 12.8 Å². The van der Waals surface area contributed by atoms with Crippen molar-refractivity contribution in [2.45, 2.75) is 26.2 Å². The van der Waals surface area contributed by atoms with E-state index in [1.54, 1.807) is 0 Å². The fourth-order valence-corrected chi connectivity index (χ4v) is 0.748. The van der Waals surface area contributed by atoms with Gasteiger partial charge in [0.15, 0.2) is 5.82 Å². The van der Waals surface area contributed by atoms with Crippen LogP contribution in [-0.2, 0) is 12.8 Å². The van der Waals surface area contributed by atoms with E-state index < -0.39 is 0 Å². The molecule has 0 N–H and O–H groups in total. The lowest BCUT2D eigenvalue weighted by Gasteiger charge is -1.82. The van der Waals surface area contributed by atoms with E-state index in [0.29, 0.717) is 11.7 Å². The van der Waals surface area contributed by atoms with Gasteiger partial charge in [-0.1, -0.05) is 12.1 Å². The fourth-order valence-electron chi connectivity index (χ4n) is 0.748. The molecular weight excluding hydrogens is 142 g/mol. The molecule has 0 aliphatic rings. The van der Waals surface area contributed by atoms with E-state index in [1.165, 1.54) is 0 Å². The molecule has 0 radical (unpaired) electrons. The molecule has 1 aromatic rings. The topological polar surface area (TPSA) is 62.7 Å². The Labute approximate surface area is 64.8 Å². The molecule has 4 nitrogen and oxygen atoms in total. The van der Waals surface area contributed by atoms with Crippen molar-refractivity contribution in [2.24, 2.45) is 0 Å². The molecule has 0 amide bonds. The zero-order chi connectivity index (χ0) is 8.10. The van der Waals surface area contributed by atoms with Crippen molar-refractivity contribution < 1.29 is 4.52 Å². The third-order valence-corrected chi connectivity index (χ3v) is 1.21. The number of rotatable bonds is 3. The predicted octanol–water partition coefficient (Wildman–Crippen LogP) is 1.09. The summed E-state index contributed by atoms with van der Waals surface area (Å²) in [6.45, 7) is 2.04. The van der Waals surface area contributed by atoms with Crippen molar-refractivity contribution in [2.75, 3.05) is 0 Å². The summed E-state index contributed by atoms with van der Waals surface area (Å²) in [5.41, 5.74) is 0. The first kappa shape index (κ1) is 7.73. The normalized spacial score (nSPS) is 9.45. The SMILES string of the molecule is CCCc1nc(CC#N)no1. The third-order valence-electron chi connectivity index (χ3n) is 1.21. The molecule has 58 valence electrons. The standard InChI is InChI=1S/C7H9N3O/c1-2-3-7-9-6(4-5-8)10-11-7/h2-4H2,1H3. The van der Waals surface area contributed by atoms with E-state index >= 15 is 0 Å². The summed E-state index contributed by atoms with van der Waals surface area (Å²) >= 11 is 0. The summed E-state index contributed by atoms with van der Waals surface area (Å²) in [5, 5.41) is 11.9. The van der Waals surface area contributed by atoms with E-state index in [9.17, 15) is 0 Å². The average Bonchev–Trinajstić information content (AvgIpc) is 2.38. The zero-order valence-electron chi connectivity index (χ0n) is 6.37. The van der Waals surface area contributed by atoms with E-state index in [2.05, 4.69) is 10.1 Å². The van der Waals surface area contributed by atoms with Crippen LogP contribution in [0.3, 0.4) is 0 Å². The van der Waals surface area contributed by atoms with Crippen LogP contribution in [0.1, 0.15) is 25.1 Å². The molecule has 0 aliphatic heterocycles. The maximum atomic E-state index is 8.29. The quantitative estimate of drug-likeness (QED) is 0.648. The number of hydrogen-bond donors (Lipinski definition) is 0. The molecule has 11 heavy (non-hydrogen) atoms. The van der Waals surface area contributed by atoms with Gasteiger partial charge in [-0.2, -0.15) is 10.2 Å². The van der Waals surface area contributed by atoms with Crippen LogP contribution in [0, 0.1) is 11.3 Å². The molecule has 1 aromatic heterocycles. The smallest absolute Gasteiger partial charge is 0.226 e. The van der Waals surface area contributed by atoms with E-state index in [1.807, 2.05) is 13.0 Å². The van der Waals surface area contributed by atoms with Gasteiger partial charge in [0, 0.05) is 6.42 Å². The lowest BCUT2D eigenvalue weighted by molar-refractivity contribution is 0.373. The highest BCUT2D eigenvalue weighted by molar-refractivity contribution is 4.93. The maximum absolute atomic E-state index is 8.29. The second kappa shape index (κ2) is 3.71. The van der Waals surface area contributed by atoms with Crippen molar-refractivity contribution in [3.05, 3.63) is 11.7 Å². The Morgan fingerprint density at radius 2 is 2.45 bits per heavy atom. The molecule has 0 unspecified atom stereocenters. The lowest BCUT2D eigenvalue weighted by atomic mass is 10.3. The highest BCUT2D eigenvalue weighted by Gasteiger charge is 2.02. The Bertz CT molecular complexity index is 261. The summed E-state index contributed by atoms with van der Waals surface area (Å²) in [5.74, 6) is 1.11. The monoisotopic (exact) mass is 151 g/mol. The van der Waals surface area contributed by atoms with Crippen molar-refractivity contribution >= 4 is 0 Å². The molecule has 1 rings (SSSR count). The highest BCUT2D eigenvalue weighted by atomic mass is 16.5. The number of aryl methyl sites for hydroxylation is 1.